The lowest BCUT2D eigenvalue weighted by molar-refractivity contribution is 0.0945. The van der Waals surface area contributed by atoms with Crippen LogP contribution in [0.4, 0.5) is 15.0 Å². The first-order chi connectivity index (χ1) is 14.0. The highest BCUT2D eigenvalue weighted by Crippen LogP contribution is 2.20. The fourth-order valence-corrected chi connectivity index (χ4v) is 3.09. The van der Waals surface area contributed by atoms with Crippen LogP contribution < -0.4 is 10.2 Å². The smallest absolute Gasteiger partial charge is 0.326 e. The van der Waals surface area contributed by atoms with E-state index in [2.05, 4.69) is 20.7 Å². The summed E-state index contributed by atoms with van der Waals surface area (Å²) in [7, 11) is 0. The molecule has 3 amide bonds. The number of nitrogens with one attached hydrogen (secondary N) is 2. The number of rotatable bonds is 6. The normalized spacial score (nSPS) is 13.9. The summed E-state index contributed by atoms with van der Waals surface area (Å²) in [6, 6.07) is 9.09. The van der Waals surface area contributed by atoms with Gasteiger partial charge in [-0.15, -0.1) is 0 Å². The quantitative estimate of drug-likeness (QED) is 0.662. The van der Waals surface area contributed by atoms with Crippen LogP contribution in [0, 0.1) is 12.7 Å². The summed E-state index contributed by atoms with van der Waals surface area (Å²) in [5.74, 6) is 0.359. The lowest BCUT2D eigenvalue weighted by atomic mass is 10.2. The average molecular weight is 398 g/mol. The summed E-state index contributed by atoms with van der Waals surface area (Å²) in [5.41, 5.74) is 1.69. The van der Waals surface area contributed by atoms with Crippen molar-refractivity contribution in [2.75, 3.05) is 18.0 Å². The van der Waals surface area contributed by atoms with Crippen molar-refractivity contribution in [1.82, 2.24) is 25.6 Å². The Hall–Kier alpha value is -3.69. The van der Waals surface area contributed by atoms with Gasteiger partial charge in [0.25, 0.3) is 5.91 Å². The molecule has 1 aliphatic heterocycles. The second kappa shape index (κ2) is 7.74. The number of amides is 3. The average Bonchev–Trinajstić information content (AvgIpc) is 3.43. The minimum atomic E-state index is -0.362. The number of anilines is 1. The molecule has 0 saturated carbocycles. The largest absolute Gasteiger partial charge is 0.361 e. The van der Waals surface area contributed by atoms with E-state index in [1.54, 1.807) is 30.0 Å². The number of carbonyl (C=O) groups is 2. The van der Waals surface area contributed by atoms with E-state index in [-0.39, 0.29) is 30.0 Å². The highest BCUT2D eigenvalue weighted by atomic mass is 19.1. The number of benzene rings is 1. The van der Waals surface area contributed by atoms with Crippen LogP contribution in [0.25, 0.3) is 0 Å². The third kappa shape index (κ3) is 4.10. The molecule has 0 atom stereocenters. The molecule has 2 N–H and O–H groups in total. The monoisotopic (exact) mass is 398 g/mol. The van der Waals surface area contributed by atoms with Gasteiger partial charge in [0.1, 0.15) is 23.0 Å². The van der Waals surface area contributed by atoms with E-state index in [9.17, 15) is 14.0 Å². The highest BCUT2D eigenvalue weighted by molar-refractivity contribution is 5.96. The maximum absolute atomic E-state index is 13.0. The van der Waals surface area contributed by atoms with Crippen molar-refractivity contribution in [2.24, 2.45) is 0 Å². The topological polar surface area (TPSA) is 107 Å². The van der Waals surface area contributed by atoms with Gasteiger partial charge in [-0.05, 0) is 24.6 Å². The Labute approximate surface area is 165 Å². The van der Waals surface area contributed by atoms with Gasteiger partial charge in [0.15, 0.2) is 5.82 Å². The third-order valence-corrected chi connectivity index (χ3v) is 4.57. The summed E-state index contributed by atoms with van der Waals surface area (Å²) in [6.45, 7) is 3.33. The lowest BCUT2D eigenvalue weighted by Crippen LogP contribution is -2.31. The third-order valence-electron chi connectivity index (χ3n) is 4.57. The Morgan fingerprint density at radius 2 is 2.07 bits per heavy atom. The Bertz CT molecular complexity index is 1030. The van der Waals surface area contributed by atoms with Crippen LogP contribution in [0.2, 0.25) is 0 Å². The first-order valence-electron chi connectivity index (χ1n) is 9.06. The fourth-order valence-electron chi connectivity index (χ4n) is 3.09. The maximum Gasteiger partial charge on any atom is 0.326 e. The van der Waals surface area contributed by atoms with Crippen LogP contribution >= 0.6 is 0 Å². The number of urea groups is 1. The SMILES string of the molecule is Cc1cc(CNC(=O)c2cc(N3CCN(Cc4ccc(F)cc4)C3=O)n[nH]2)no1. The number of aromatic amines is 1. The Kier molecular flexibility index (Phi) is 4.98. The van der Waals surface area contributed by atoms with E-state index in [0.29, 0.717) is 36.9 Å². The number of carbonyl (C=O) groups excluding carboxylic acids is 2. The Morgan fingerprint density at radius 1 is 1.28 bits per heavy atom. The summed E-state index contributed by atoms with van der Waals surface area (Å²) in [4.78, 5) is 28.1. The Morgan fingerprint density at radius 3 is 2.79 bits per heavy atom. The van der Waals surface area contributed by atoms with E-state index in [0.717, 1.165) is 5.56 Å². The molecular weight excluding hydrogens is 379 g/mol. The number of hydrogen-bond donors (Lipinski definition) is 2. The van der Waals surface area contributed by atoms with Gasteiger partial charge >= 0.3 is 6.03 Å². The number of aromatic nitrogens is 3. The van der Waals surface area contributed by atoms with E-state index in [1.165, 1.54) is 23.1 Å². The van der Waals surface area contributed by atoms with Crippen molar-refractivity contribution in [3.8, 4) is 0 Å². The molecule has 1 saturated heterocycles. The van der Waals surface area contributed by atoms with E-state index in [4.69, 9.17) is 4.52 Å². The van der Waals surface area contributed by atoms with E-state index >= 15 is 0 Å². The molecule has 1 aliphatic rings. The van der Waals surface area contributed by atoms with Crippen molar-refractivity contribution < 1.29 is 18.5 Å². The molecule has 0 aliphatic carbocycles. The fraction of sp³-hybridized carbons (Fsp3) is 0.263. The molecule has 3 heterocycles. The van der Waals surface area contributed by atoms with Gasteiger partial charge in [-0.2, -0.15) is 5.10 Å². The molecule has 4 rings (SSSR count). The van der Waals surface area contributed by atoms with E-state index < -0.39 is 0 Å². The zero-order valence-electron chi connectivity index (χ0n) is 15.7. The zero-order chi connectivity index (χ0) is 20.4. The van der Waals surface area contributed by atoms with Crippen molar-refractivity contribution in [3.05, 3.63) is 64.9 Å². The second-order valence-electron chi connectivity index (χ2n) is 6.73. The molecule has 0 radical (unpaired) electrons. The molecule has 1 aromatic carbocycles. The van der Waals surface area contributed by atoms with Gasteiger partial charge in [-0.25, -0.2) is 9.18 Å². The van der Waals surface area contributed by atoms with Crippen LogP contribution in [0.15, 0.2) is 40.9 Å². The molecule has 10 heteroatoms. The first kappa shape index (κ1) is 18.7. The molecule has 2 aromatic heterocycles. The molecule has 9 nitrogen and oxygen atoms in total. The number of nitrogens with zero attached hydrogens (tertiary/aromatic N) is 4. The molecule has 0 bridgehead atoms. The lowest BCUT2D eigenvalue weighted by Gasteiger charge is -2.17. The molecule has 3 aromatic rings. The maximum atomic E-state index is 13.0. The minimum absolute atomic E-state index is 0.217. The summed E-state index contributed by atoms with van der Waals surface area (Å²) in [6.07, 6.45) is 0. The van der Waals surface area contributed by atoms with Gasteiger partial charge in [-0.3, -0.25) is 14.8 Å². The van der Waals surface area contributed by atoms with Crippen molar-refractivity contribution in [2.45, 2.75) is 20.0 Å². The summed E-state index contributed by atoms with van der Waals surface area (Å²) < 4.78 is 18.0. The van der Waals surface area contributed by atoms with Gasteiger partial charge in [0.2, 0.25) is 0 Å². The molecular formula is C19H19FN6O3. The predicted octanol–water partition coefficient (Wildman–Crippen LogP) is 2.22. The van der Waals surface area contributed by atoms with Gasteiger partial charge in [0.05, 0.1) is 6.54 Å². The van der Waals surface area contributed by atoms with Crippen LogP contribution in [0.1, 0.15) is 27.5 Å². The van der Waals surface area contributed by atoms with Gasteiger partial charge in [0, 0.05) is 31.8 Å². The molecule has 0 spiro atoms. The Balaban J connectivity index is 1.36. The first-order valence-corrected chi connectivity index (χ1v) is 9.06. The van der Waals surface area contributed by atoms with Crippen LogP contribution in [-0.2, 0) is 13.1 Å². The predicted molar refractivity (Wildman–Crippen MR) is 101 cm³/mol. The number of hydrogen-bond acceptors (Lipinski definition) is 5. The molecule has 150 valence electrons. The van der Waals surface area contributed by atoms with Crippen molar-refractivity contribution in [3.63, 3.8) is 0 Å². The zero-order valence-corrected chi connectivity index (χ0v) is 15.7. The van der Waals surface area contributed by atoms with E-state index in [1.807, 2.05) is 0 Å². The van der Waals surface area contributed by atoms with Crippen LogP contribution in [-0.4, -0.2) is 45.3 Å². The van der Waals surface area contributed by atoms with Gasteiger partial charge < -0.3 is 14.7 Å². The van der Waals surface area contributed by atoms with Crippen molar-refractivity contribution >= 4 is 17.8 Å². The molecule has 1 fully saturated rings. The second-order valence-corrected chi connectivity index (χ2v) is 6.73. The summed E-state index contributed by atoms with van der Waals surface area (Å²) in [5, 5.41) is 13.3. The highest BCUT2D eigenvalue weighted by Gasteiger charge is 2.31. The molecule has 0 unspecified atom stereocenters. The number of aryl methyl sites for hydroxylation is 1. The molecule has 29 heavy (non-hydrogen) atoms. The van der Waals surface area contributed by atoms with Crippen molar-refractivity contribution in [1.29, 1.82) is 0 Å². The number of H-pyrrole nitrogens is 1. The standard InChI is InChI=1S/C19H19FN6O3/c1-12-8-15(24-29-12)10-21-18(27)16-9-17(23-22-16)26-7-6-25(19(26)28)11-13-2-4-14(20)5-3-13/h2-5,8-9H,6-7,10-11H2,1H3,(H,21,27)(H,22,23). The minimum Gasteiger partial charge on any atom is -0.361 e. The van der Waals surface area contributed by atoms with Crippen LogP contribution in [0.5, 0.6) is 0 Å². The van der Waals surface area contributed by atoms with Crippen LogP contribution in [0.3, 0.4) is 0 Å². The number of halogens is 1. The summed E-state index contributed by atoms with van der Waals surface area (Å²) >= 11 is 0. The van der Waals surface area contributed by atoms with Gasteiger partial charge in [-0.1, -0.05) is 17.3 Å².